The molecule has 1 heterocycles. The van der Waals surface area contributed by atoms with Crippen LogP contribution >= 0.6 is 15.9 Å². The highest BCUT2D eigenvalue weighted by Gasteiger charge is 2.10. The second kappa shape index (κ2) is 8.01. The topological polar surface area (TPSA) is 72.5 Å². The fourth-order valence-corrected chi connectivity index (χ4v) is 2.69. The van der Waals surface area contributed by atoms with Crippen LogP contribution in [0, 0.1) is 13.8 Å². The monoisotopic (exact) mass is 393 g/mol. The first kappa shape index (κ1) is 18.1. The van der Waals surface area contributed by atoms with E-state index >= 15 is 0 Å². The molecule has 0 aliphatic heterocycles. The fraction of sp³-hybridized carbons (Fsp3) is 0.294. The van der Waals surface area contributed by atoms with Crippen molar-refractivity contribution in [3.8, 4) is 11.6 Å². The van der Waals surface area contributed by atoms with E-state index in [-0.39, 0.29) is 6.03 Å². The van der Waals surface area contributed by atoms with Crippen LogP contribution in [0.15, 0.2) is 28.9 Å². The van der Waals surface area contributed by atoms with E-state index < -0.39 is 0 Å². The zero-order chi connectivity index (χ0) is 17.7. The number of amides is 2. The minimum atomic E-state index is -0.314. The molecule has 0 aliphatic carbocycles. The Balaban J connectivity index is 2.05. The number of aryl methyl sites for hydroxylation is 2. The van der Waals surface area contributed by atoms with Gasteiger partial charge in [0.25, 0.3) is 0 Å². The van der Waals surface area contributed by atoms with Crippen molar-refractivity contribution in [2.75, 3.05) is 19.5 Å². The highest BCUT2D eigenvalue weighted by atomic mass is 79.9. The van der Waals surface area contributed by atoms with Crippen molar-refractivity contribution in [1.29, 1.82) is 0 Å². The first-order chi connectivity index (χ1) is 11.4. The first-order valence-corrected chi connectivity index (χ1v) is 8.12. The lowest BCUT2D eigenvalue weighted by Crippen LogP contribution is -2.28. The smallest absolute Gasteiger partial charge is 0.319 e. The number of carbonyl (C=O) groups excluding carboxylic acids is 1. The van der Waals surface area contributed by atoms with Crippen LogP contribution in [0.1, 0.15) is 16.7 Å². The average Bonchev–Trinajstić information content (AvgIpc) is 2.55. The summed E-state index contributed by atoms with van der Waals surface area (Å²) in [6, 6.07) is 5.32. The molecule has 0 atom stereocenters. The average molecular weight is 394 g/mol. The van der Waals surface area contributed by atoms with Gasteiger partial charge in [-0.2, -0.15) is 0 Å². The number of hydrogen-bond donors (Lipinski definition) is 2. The summed E-state index contributed by atoms with van der Waals surface area (Å²) in [5.74, 6) is 1.21. The number of rotatable bonds is 5. The van der Waals surface area contributed by atoms with Crippen LogP contribution in [-0.2, 0) is 6.54 Å². The largest absolute Gasteiger partial charge is 0.496 e. The Morgan fingerprint density at radius 2 is 1.92 bits per heavy atom. The maximum atomic E-state index is 12.2. The summed E-state index contributed by atoms with van der Waals surface area (Å²) in [6.07, 6.45) is 1.64. The van der Waals surface area contributed by atoms with Gasteiger partial charge in [0.1, 0.15) is 5.75 Å². The molecule has 1 aromatic carbocycles. The second-order valence-electron chi connectivity index (χ2n) is 5.27. The standard InChI is InChI=1S/C17H20BrN3O3/c1-10-5-11(2)15(23-3)7-14(10)21-17(22)20-8-12-6-13(18)9-19-16(12)24-4/h5-7,9H,8H2,1-4H3,(H2,20,21,22). The molecule has 2 amide bonds. The second-order valence-corrected chi connectivity index (χ2v) is 6.18. The van der Waals surface area contributed by atoms with Gasteiger partial charge >= 0.3 is 6.03 Å². The highest BCUT2D eigenvalue weighted by molar-refractivity contribution is 9.10. The van der Waals surface area contributed by atoms with Gasteiger partial charge in [-0.05, 0) is 47.0 Å². The Bertz CT molecular complexity index is 750. The van der Waals surface area contributed by atoms with E-state index in [4.69, 9.17) is 9.47 Å². The van der Waals surface area contributed by atoms with E-state index in [1.165, 1.54) is 0 Å². The van der Waals surface area contributed by atoms with Crippen molar-refractivity contribution in [3.63, 3.8) is 0 Å². The number of halogens is 1. The van der Waals surface area contributed by atoms with Crippen molar-refractivity contribution >= 4 is 27.6 Å². The molecule has 1 aromatic heterocycles. The third-order valence-electron chi connectivity index (χ3n) is 3.51. The quantitative estimate of drug-likeness (QED) is 0.809. The number of methoxy groups -OCH3 is 2. The molecule has 0 spiro atoms. The molecule has 2 rings (SSSR count). The molecule has 0 unspecified atom stereocenters. The molecular weight excluding hydrogens is 374 g/mol. The predicted molar refractivity (Wildman–Crippen MR) is 96.8 cm³/mol. The molecule has 7 heteroatoms. The lowest BCUT2D eigenvalue weighted by Gasteiger charge is -2.14. The first-order valence-electron chi connectivity index (χ1n) is 7.33. The van der Waals surface area contributed by atoms with Gasteiger partial charge in [-0.25, -0.2) is 9.78 Å². The van der Waals surface area contributed by atoms with E-state index in [1.807, 2.05) is 32.0 Å². The number of nitrogens with zero attached hydrogens (tertiary/aromatic N) is 1. The van der Waals surface area contributed by atoms with Crippen LogP contribution in [0.25, 0.3) is 0 Å². The Kier molecular flexibility index (Phi) is 6.03. The number of anilines is 1. The van der Waals surface area contributed by atoms with Crippen LogP contribution < -0.4 is 20.1 Å². The zero-order valence-electron chi connectivity index (χ0n) is 14.1. The Morgan fingerprint density at radius 3 is 2.58 bits per heavy atom. The van der Waals surface area contributed by atoms with Gasteiger partial charge in [0.05, 0.1) is 14.2 Å². The summed E-state index contributed by atoms with van der Waals surface area (Å²) >= 11 is 3.36. The number of carbonyl (C=O) groups is 1. The van der Waals surface area contributed by atoms with E-state index in [9.17, 15) is 4.79 Å². The van der Waals surface area contributed by atoms with Crippen molar-refractivity contribution in [2.45, 2.75) is 20.4 Å². The zero-order valence-corrected chi connectivity index (χ0v) is 15.7. The molecule has 0 bridgehead atoms. The normalized spacial score (nSPS) is 10.2. The molecule has 24 heavy (non-hydrogen) atoms. The number of nitrogens with one attached hydrogen (secondary N) is 2. The summed E-state index contributed by atoms with van der Waals surface area (Å²) in [5.41, 5.74) is 3.46. The third kappa shape index (κ3) is 4.38. The third-order valence-corrected chi connectivity index (χ3v) is 3.95. The number of ether oxygens (including phenoxy) is 2. The minimum Gasteiger partial charge on any atom is -0.496 e. The number of urea groups is 1. The predicted octanol–water partition coefficient (Wildman–Crippen LogP) is 3.80. The molecule has 0 saturated carbocycles. The molecule has 0 aliphatic rings. The van der Waals surface area contributed by atoms with Gasteiger partial charge < -0.3 is 20.1 Å². The van der Waals surface area contributed by atoms with Gasteiger partial charge in [0.15, 0.2) is 0 Å². The van der Waals surface area contributed by atoms with Crippen LogP contribution in [0.5, 0.6) is 11.6 Å². The van der Waals surface area contributed by atoms with Crippen LogP contribution in [0.4, 0.5) is 10.5 Å². The molecule has 6 nitrogen and oxygen atoms in total. The summed E-state index contributed by atoms with van der Waals surface area (Å²) in [6.45, 7) is 4.19. The molecule has 0 fully saturated rings. The van der Waals surface area contributed by atoms with Gasteiger partial charge in [-0.15, -0.1) is 0 Å². The summed E-state index contributed by atoms with van der Waals surface area (Å²) < 4.78 is 11.3. The van der Waals surface area contributed by atoms with Crippen molar-refractivity contribution in [2.24, 2.45) is 0 Å². The number of pyridine rings is 1. The Labute approximate surface area is 149 Å². The van der Waals surface area contributed by atoms with Crippen molar-refractivity contribution < 1.29 is 14.3 Å². The minimum absolute atomic E-state index is 0.295. The molecule has 0 saturated heterocycles. The van der Waals surface area contributed by atoms with Gasteiger partial charge in [-0.1, -0.05) is 6.07 Å². The van der Waals surface area contributed by atoms with E-state index in [0.29, 0.717) is 18.1 Å². The SMILES string of the molecule is COc1cc(NC(=O)NCc2cc(Br)cnc2OC)c(C)cc1C. The number of aromatic nitrogens is 1. The molecule has 2 aromatic rings. The van der Waals surface area contributed by atoms with Crippen molar-refractivity contribution in [3.05, 3.63) is 45.6 Å². The maximum Gasteiger partial charge on any atom is 0.319 e. The van der Waals surface area contributed by atoms with E-state index in [1.54, 1.807) is 20.4 Å². The number of hydrogen-bond acceptors (Lipinski definition) is 4. The van der Waals surface area contributed by atoms with Gasteiger partial charge in [0, 0.05) is 34.5 Å². The molecule has 128 valence electrons. The molecule has 0 radical (unpaired) electrons. The summed E-state index contributed by atoms with van der Waals surface area (Å²) in [4.78, 5) is 16.3. The number of benzene rings is 1. The van der Waals surface area contributed by atoms with Gasteiger partial charge in [-0.3, -0.25) is 0 Å². The lowest BCUT2D eigenvalue weighted by atomic mass is 10.1. The van der Waals surface area contributed by atoms with E-state index in [0.717, 1.165) is 26.9 Å². The van der Waals surface area contributed by atoms with E-state index in [2.05, 4.69) is 31.5 Å². The van der Waals surface area contributed by atoms with Crippen LogP contribution in [0.3, 0.4) is 0 Å². The Morgan fingerprint density at radius 1 is 1.17 bits per heavy atom. The molecule has 2 N–H and O–H groups in total. The fourth-order valence-electron chi connectivity index (χ4n) is 2.31. The Hall–Kier alpha value is -2.28. The van der Waals surface area contributed by atoms with Crippen LogP contribution in [0.2, 0.25) is 0 Å². The summed E-state index contributed by atoms with van der Waals surface area (Å²) in [7, 11) is 3.15. The molecular formula is C17H20BrN3O3. The highest BCUT2D eigenvalue weighted by Crippen LogP contribution is 2.26. The summed E-state index contributed by atoms with van der Waals surface area (Å²) in [5, 5.41) is 5.63. The lowest BCUT2D eigenvalue weighted by molar-refractivity contribution is 0.251. The maximum absolute atomic E-state index is 12.2. The van der Waals surface area contributed by atoms with Crippen molar-refractivity contribution in [1.82, 2.24) is 10.3 Å². The van der Waals surface area contributed by atoms with Crippen LogP contribution in [-0.4, -0.2) is 25.2 Å². The van der Waals surface area contributed by atoms with Gasteiger partial charge in [0.2, 0.25) is 5.88 Å².